The normalized spacial score (nSPS) is 17.8. The summed E-state index contributed by atoms with van der Waals surface area (Å²) in [5.41, 5.74) is 2.35. The van der Waals surface area contributed by atoms with Crippen molar-refractivity contribution in [1.82, 2.24) is 14.5 Å². The average molecular weight is 257 g/mol. The minimum atomic E-state index is -0.388. The minimum absolute atomic E-state index is 0.206. The molecule has 5 nitrogen and oxygen atoms in total. The largest absolute Gasteiger partial charge is 0.448 e. The molecule has 19 heavy (non-hydrogen) atoms. The maximum atomic E-state index is 11.7. The molecule has 0 bridgehead atoms. The third kappa shape index (κ3) is 2.50. The fourth-order valence-electron chi connectivity index (χ4n) is 2.48. The first-order valence-corrected chi connectivity index (χ1v) is 6.43. The van der Waals surface area contributed by atoms with Gasteiger partial charge in [0.2, 0.25) is 0 Å². The van der Waals surface area contributed by atoms with Crippen LogP contribution in [-0.2, 0) is 11.2 Å². The Bertz CT molecular complexity index is 566. The third-order valence-electron chi connectivity index (χ3n) is 3.43. The Hall–Kier alpha value is -2.17. The molecular weight excluding hydrogens is 242 g/mol. The van der Waals surface area contributed by atoms with Gasteiger partial charge in [-0.15, -0.1) is 0 Å². The van der Waals surface area contributed by atoms with Gasteiger partial charge in [-0.1, -0.05) is 6.07 Å². The first-order chi connectivity index (χ1) is 9.34. The summed E-state index contributed by atoms with van der Waals surface area (Å²) in [4.78, 5) is 20.0. The number of imidazole rings is 1. The average Bonchev–Trinajstić information content (AvgIpc) is 2.99. The molecule has 0 aromatic carbocycles. The molecule has 98 valence electrons. The molecule has 2 aromatic rings. The second kappa shape index (κ2) is 5.22. The van der Waals surface area contributed by atoms with Gasteiger partial charge in [0.25, 0.3) is 0 Å². The first-order valence-electron chi connectivity index (χ1n) is 6.43. The predicted molar refractivity (Wildman–Crippen MR) is 68.9 cm³/mol. The van der Waals surface area contributed by atoms with Gasteiger partial charge in [0.1, 0.15) is 12.9 Å². The highest BCUT2D eigenvalue weighted by Gasteiger charge is 2.22. The van der Waals surface area contributed by atoms with Crippen molar-refractivity contribution in [3.05, 3.63) is 48.3 Å². The van der Waals surface area contributed by atoms with E-state index in [2.05, 4.69) is 16.0 Å². The molecule has 1 aliphatic carbocycles. The molecule has 0 saturated carbocycles. The monoisotopic (exact) mass is 257 g/mol. The molecule has 0 spiro atoms. The van der Waals surface area contributed by atoms with Crippen LogP contribution in [0.5, 0.6) is 0 Å². The maximum Gasteiger partial charge on any atom is 0.419 e. The summed E-state index contributed by atoms with van der Waals surface area (Å²) in [6.45, 7) is 0.376. The zero-order valence-corrected chi connectivity index (χ0v) is 10.5. The van der Waals surface area contributed by atoms with Gasteiger partial charge in [-0.2, -0.15) is 0 Å². The summed E-state index contributed by atoms with van der Waals surface area (Å²) >= 11 is 0. The fourth-order valence-corrected chi connectivity index (χ4v) is 2.48. The maximum absolute atomic E-state index is 11.7. The molecule has 0 amide bonds. The van der Waals surface area contributed by atoms with Crippen molar-refractivity contribution in [3.8, 4) is 0 Å². The van der Waals surface area contributed by atoms with Crippen LogP contribution in [-0.4, -0.2) is 27.2 Å². The van der Waals surface area contributed by atoms with Crippen molar-refractivity contribution in [2.24, 2.45) is 0 Å². The van der Waals surface area contributed by atoms with Crippen LogP contribution in [0.1, 0.15) is 30.0 Å². The summed E-state index contributed by atoms with van der Waals surface area (Å²) in [6, 6.07) is 4.06. The Labute approximate surface area is 111 Å². The molecule has 1 unspecified atom stereocenters. The van der Waals surface area contributed by atoms with Crippen LogP contribution in [0.25, 0.3) is 0 Å². The van der Waals surface area contributed by atoms with Crippen molar-refractivity contribution in [1.29, 1.82) is 0 Å². The number of aromatic nitrogens is 3. The van der Waals surface area contributed by atoms with Crippen molar-refractivity contribution in [2.45, 2.75) is 25.2 Å². The zero-order valence-electron chi connectivity index (χ0n) is 10.5. The van der Waals surface area contributed by atoms with E-state index in [0.29, 0.717) is 6.61 Å². The molecule has 1 aliphatic rings. The Kier molecular flexibility index (Phi) is 3.27. The van der Waals surface area contributed by atoms with Gasteiger partial charge in [-0.3, -0.25) is 4.98 Å². The molecule has 2 heterocycles. The smallest absolute Gasteiger partial charge is 0.419 e. The van der Waals surface area contributed by atoms with E-state index in [1.807, 2.05) is 6.07 Å². The molecule has 0 fully saturated rings. The molecule has 5 heteroatoms. The second-order valence-electron chi connectivity index (χ2n) is 4.68. The molecule has 3 rings (SSSR count). The number of fused-ring (bicyclic) bond motifs is 1. The van der Waals surface area contributed by atoms with Gasteiger partial charge in [0.05, 0.1) is 0 Å². The SMILES string of the molecule is O=C(OCC1CCCc2cccnc21)n1ccnc1. The second-order valence-corrected chi connectivity index (χ2v) is 4.68. The Balaban J connectivity index is 1.67. The van der Waals surface area contributed by atoms with E-state index in [4.69, 9.17) is 4.74 Å². The molecule has 0 N–H and O–H groups in total. The van der Waals surface area contributed by atoms with Crippen LogP contribution in [0.4, 0.5) is 4.79 Å². The predicted octanol–water partition coefficient (Wildman–Crippen LogP) is 2.38. The standard InChI is InChI=1S/C14H15N3O2/c18-14(17-8-7-15-10-17)19-9-12-4-1-3-11-5-2-6-16-13(11)12/h2,5-8,10,12H,1,3-4,9H2. The van der Waals surface area contributed by atoms with Crippen molar-refractivity contribution < 1.29 is 9.53 Å². The van der Waals surface area contributed by atoms with E-state index >= 15 is 0 Å². The number of carbonyl (C=O) groups excluding carboxylic acids is 1. The lowest BCUT2D eigenvalue weighted by molar-refractivity contribution is 0.137. The Morgan fingerprint density at radius 1 is 1.47 bits per heavy atom. The van der Waals surface area contributed by atoms with Gasteiger partial charge in [0, 0.05) is 30.2 Å². The number of hydrogen-bond acceptors (Lipinski definition) is 4. The lowest BCUT2D eigenvalue weighted by Gasteiger charge is -2.23. The lowest BCUT2D eigenvalue weighted by Crippen LogP contribution is -2.20. The molecule has 0 radical (unpaired) electrons. The number of hydrogen-bond donors (Lipinski definition) is 0. The van der Waals surface area contributed by atoms with Crippen LogP contribution in [0.3, 0.4) is 0 Å². The summed E-state index contributed by atoms with van der Waals surface area (Å²) in [7, 11) is 0. The van der Waals surface area contributed by atoms with Gasteiger partial charge in [0.15, 0.2) is 0 Å². The van der Waals surface area contributed by atoms with E-state index < -0.39 is 0 Å². The highest BCUT2D eigenvalue weighted by atomic mass is 16.5. The molecule has 2 aromatic heterocycles. The lowest BCUT2D eigenvalue weighted by atomic mass is 9.87. The topological polar surface area (TPSA) is 57.0 Å². The highest BCUT2D eigenvalue weighted by Crippen LogP contribution is 2.29. The zero-order chi connectivity index (χ0) is 13.1. The summed E-state index contributed by atoms with van der Waals surface area (Å²) in [6.07, 6.45) is 9.18. The van der Waals surface area contributed by atoms with E-state index in [1.165, 1.54) is 16.5 Å². The number of nitrogens with zero attached hydrogens (tertiary/aromatic N) is 3. The van der Waals surface area contributed by atoms with Crippen LogP contribution >= 0.6 is 0 Å². The quantitative estimate of drug-likeness (QED) is 0.828. The van der Waals surface area contributed by atoms with Crippen LogP contribution in [0, 0.1) is 0 Å². The van der Waals surface area contributed by atoms with Gasteiger partial charge in [-0.25, -0.2) is 14.3 Å². The minimum Gasteiger partial charge on any atom is -0.448 e. The molecule has 0 aliphatic heterocycles. The molecular formula is C14H15N3O2. The van der Waals surface area contributed by atoms with E-state index in [9.17, 15) is 4.79 Å². The summed E-state index contributed by atoms with van der Waals surface area (Å²) in [5, 5.41) is 0. The summed E-state index contributed by atoms with van der Waals surface area (Å²) < 4.78 is 6.66. The van der Waals surface area contributed by atoms with Gasteiger partial charge in [-0.05, 0) is 30.9 Å². The fraction of sp³-hybridized carbons (Fsp3) is 0.357. The van der Waals surface area contributed by atoms with Crippen LogP contribution in [0.2, 0.25) is 0 Å². The van der Waals surface area contributed by atoms with Crippen molar-refractivity contribution in [3.63, 3.8) is 0 Å². The summed E-state index contributed by atoms with van der Waals surface area (Å²) in [5.74, 6) is 0.206. The van der Waals surface area contributed by atoms with E-state index in [1.54, 1.807) is 18.6 Å². The number of carbonyl (C=O) groups is 1. The van der Waals surface area contributed by atoms with E-state index in [0.717, 1.165) is 25.0 Å². The van der Waals surface area contributed by atoms with Crippen molar-refractivity contribution >= 4 is 6.09 Å². The van der Waals surface area contributed by atoms with E-state index in [-0.39, 0.29) is 12.0 Å². The highest BCUT2D eigenvalue weighted by molar-refractivity contribution is 5.70. The van der Waals surface area contributed by atoms with Gasteiger partial charge >= 0.3 is 6.09 Å². The van der Waals surface area contributed by atoms with Crippen LogP contribution in [0.15, 0.2) is 37.1 Å². The Morgan fingerprint density at radius 3 is 3.26 bits per heavy atom. The Morgan fingerprint density at radius 2 is 2.42 bits per heavy atom. The van der Waals surface area contributed by atoms with Crippen molar-refractivity contribution in [2.75, 3.05) is 6.61 Å². The van der Waals surface area contributed by atoms with Gasteiger partial charge < -0.3 is 4.74 Å². The number of pyridine rings is 1. The van der Waals surface area contributed by atoms with Crippen LogP contribution < -0.4 is 0 Å². The number of aryl methyl sites for hydroxylation is 1. The number of ether oxygens (including phenoxy) is 1. The molecule has 0 saturated heterocycles. The third-order valence-corrected chi connectivity index (χ3v) is 3.43. The first kappa shape index (κ1) is 11.9. The number of rotatable bonds is 2. The molecule has 1 atom stereocenters.